The Hall–Kier alpha value is -1.50. The van der Waals surface area contributed by atoms with Crippen LogP contribution >= 0.6 is 15.9 Å². The van der Waals surface area contributed by atoms with Gasteiger partial charge in [-0.2, -0.15) is 13.2 Å². The van der Waals surface area contributed by atoms with Crippen LogP contribution in [0.3, 0.4) is 0 Å². The Morgan fingerprint density at radius 1 is 1.29 bits per heavy atom. The molecule has 0 aliphatic carbocycles. The zero-order valence-electron chi connectivity index (χ0n) is 11.0. The third kappa shape index (κ3) is 2.79. The summed E-state index contributed by atoms with van der Waals surface area (Å²) in [5.74, 6) is -0.200. The number of carbonyl (C=O) groups is 1. The van der Waals surface area contributed by atoms with Crippen LogP contribution in [0.25, 0.3) is 10.9 Å². The van der Waals surface area contributed by atoms with Gasteiger partial charge in [0.25, 0.3) is 5.91 Å². The predicted octanol–water partition coefficient (Wildman–Crippen LogP) is 3.81. The van der Waals surface area contributed by atoms with Gasteiger partial charge in [0.1, 0.15) is 6.54 Å². The topological polar surface area (TPSA) is 25.2 Å². The molecule has 112 valence electrons. The lowest BCUT2D eigenvalue weighted by atomic mass is 10.1. The molecule has 1 aromatic heterocycles. The number of carbonyl (C=O) groups excluding carboxylic acids is 1. The maximum Gasteiger partial charge on any atom is 0.406 e. The molecule has 7 heteroatoms. The summed E-state index contributed by atoms with van der Waals surface area (Å²) in [7, 11) is 0. The molecule has 0 radical (unpaired) electrons. The van der Waals surface area contributed by atoms with Crippen LogP contribution < -0.4 is 0 Å². The first-order valence-corrected chi connectivity index (χ1v) is 7.29. The van der Waals surface area contributed by atoms with Crippen molar-refractivity contribution < 1.29 is 18.0 Å². The Labute approximate surface area is 127 Å². The van der Waals surface area contributed by atoms with Gasteiger partial charge in [-0.05, 0) is 18.6 Å². The molecule has 0 bridgehead atoms. The highest BCUT2D eigenvalue weighted by molar-refractivity contribution is 9.10. The van der Waals surface area contributed by atoms with E-state index in [4.69, 9.17) is 0 Å². The lowest BCUT2D eigenvalue weighted by Crippen LogP contribution is -2.41. The standard InChI is InChI=1S/C14H12BrF3N2O/c15-9-2-3-10-11(13(21)19-4-1-5-19)7-20(12(10)6-9)8-14(16,17)18/h2-3,6-7H,1,4-5,8H2. The van der Waals surface area contributed by atoms with Gasteiger partial charge in [0.2, 0.25) is 0 Å². The van der Waals surface area contributed by atoms with Crippen molar-refractivity contribution in [2.24, 2.45) is 0 Å². The molecule has 0 spiro atoms. The molecule has 1 aliphatic rings. The van der Waals surface area contributed by atoms with Crippen molar-refractivity contribution in [1.82, 2.24) is 9.47 Å². The van der Waals surface area contributed by atoms with Crippen LogP contribution in [0.2, 0.25) is 0 Å². The molecule has 1 aromatic carbocycles. The van der Waals surface area contributed by atoms with Crippen LogP contribution in [0.1, 0.15) is 16.8 Å². The van der Waals surface area contributed by atoms with E-state index in [0.717, 1.165) is 11.0 Å². The number of hydrogen-bond donors (Lipinski definition) is 0. The van der Waals surface area contributed by atoms with E-state index in [0.29, 0.717) is 34.0 Å². The normalized spacial score (nSPS) is 15.3. The Morgan fingerprint density at radius 2 is 2.00 bits per heavy atom. The average molecular weight is 361 g/mol. The van der Waals surface area contributed by atoms with E-state index in [-0.39, 0.29) is 5.91 Å². The Kier molecular flexibility index (Phi) is 3.47. The molecule has 3 nitrogen and oxygen atoms in total. The van der Waals surface area contributed by atoms with Crippen molar-refractivity contribution in [3.8, 4) is 0 Å². The number of fused-ring (bicyclic) bond motifs is 1. The van der Waals surface area contributed by atoms with Crippen LogP contribution in [0.15, 0.2) is 28.9 Å². The summed E-state index contributed by atoms with van der Waals surface area (Å²) in [6, 6.07) is 5.01. The molecular weight excluding hydrogens is 349 g/mol. The third-order valence-corrected chi connectivity index (χ3v) is 4.06. The molecular formula is C14H12BrF3N2O. The summed E-state index contributed by atoms with van der Waals surface area (Å²) in [4.78, 5) is 14.0. The van der Waals surface area contributed by atoms with Gasteiger partial charge in [0.05, 0.1) is 11.1 Å². The number of aromatic nitrogens is 1. The first-order valence-electron chi connectivity index (χ1n) is 6.49. The lowest BCUT2D eigenvalue weighted by Gasteiger charge is -2.30. The molecule has 0 unspecified atom stereocenters. The van der Waals surface area contributed by atoms with Crippen molar-refractivity contribution in [3.05, 3.63) is 34.4 Å². The monoisotopic (exact) mass is 360 g/mol. The van der Waals surface area contributed by atoms with Crippen molar-refractivity contribution in [2.45, 2.75) is 19.1 Å². The molecule has 2 heterocycles. The third-order valence-electron chi connectivity index (χ3n) is 3.57. The van der Waals surface area contributed by atoms with Gasteiger partial charge in [0, 0.05) is 29.1 Å². The number of nitrogens with zero attached hydrogens (tertiary/aromatic N) is 2. The lowest BCUT2D eigenvalue weighted by molar-refractivity contribution is -0.139. The molecule has 2 aromatic rings. The summed E-state index contributed by atoms with van der Waals surface area (Å²) >= 11 is 3.26. The molecule has 21 heavy (non-hydrogen) atoms. The van der Waals surface area contributed by atoms with Crippen molar-refractivity contribution in [1.29, 1.82) is 0 Å². The second-order valence-electron chi connectivity index (χ2n) is 5.09. The van der Waals surface area contributed by atoms with E-state index in [1.54, 1.807) is 23.1 Å². The molecule has 1 aliphatic heterocycles. The van der Waals surface area contributed by atoms with Gasteiger partial charge in [0.15, 0.2) is 0 Å². The molecule has 3 rings (SSSR count). The van der Waals surface area contributed by atoms with Crippen LogP contribution in [-0.4, -0.2) is 34.6 Å². The highest BCUT2D eigenvalue weighted by atomic mass is 79.9. The molecule has 1 saturated heterocycles. The van der Waals surface area contributed by atoms with Crippen molar-refractivity contribution in [2.75, 3.05) is 13.1 Å². The zero-order valence-corrected chi connectivity index (χ0v) is 12.5. The molecule has 1 amide bonds. The predicted molar refractivity (Wildman–Crippen MR) is 76.2 cm³/mol. The minimum Gasteiger partial charge on any atom is -0.338 e. The van der Waals surface area contributed by atoms with Gasteiger partial charge in [-0.1, -0.05) is 22.0 Å². The second-order valence-corrected chi connectivity index (χ2v) is 6.01. The van der Waals surface area contributed by atoms with Gasteiger partial charge < -0.3 is 9.47 Å². The number of alkyl halides is 3. The smallest absolute Gasteiger partial charge is 0.338 e. The summed E-state index contributed by atoms with van der Waals surface area (Å²) < 4.78 is 39.8. The maximum absolute atomic E-state index is 12.7. The highest BCUT2D eigenvalue weighted by Gasteiger charge is 2.31. The molecule has 1 fully saturated rings. The highest BCUT2D eigenvalue weighted by Crippen LogP contribution is 2.29. The first kappa shape index (κ1) is 14.4. The van der Waals surface area contributed by atoms with E-state index in [1.807, 2.05) is 0 Å². The SMILES string of the molecule is O=C(c1cn(CC(F)(F)F)c2cc(Br)ccc12)N1CCC1. The quantitative estimate of drug-likeness (QED) is 0.799. The molecule has 0 N–H and O–H groups in total. The Bertz CT molecular complexity index is 704. The number of halogens is 4. The molecule has 0 saturated carbocycles. The first-order chi connectivity index (χ1) is 9.85. The van der Waals surface area contributed by atoms with Crippen LogP contribution in [0, 0.1) is 0 Å². The number of likely N-dealkylation sites (tertiary alicyclic amines) is 1. The van der Waals surface area contributed by atoms with Crippen LogP contribution in [-0.2, 0) is 6.54 Å². The van der Waals surface area contributed by atoms with Gasteiger partial charge in [-0.15, -0.1) is 0 Å². The summed E-state index contributed by atoms with van der Waals surface area (Å²) in [6.45, 7) is 0.232. The Morgan fingerprint density at radius 3 is 2.57 bits per heavy atom. The average Bonchev–Trinajstić information content (AvgIpc) is 2.63. The summed E-state index contributed by atoms with van der Waals surface area (Å²) in [5.41, 5.74) is 0.743. The van der Waals surface area contributed by atoms with E-state index >= 15 is 0 Å². The van der Waals surface area contributed by atoms with Crippen molar-refractivity contribution in [3.63, 3.8) is 0 Å². The van der Waals surface area contributed by atoms with Gasteiger partial charge in [-0.25, -0.2) is 0 Å². The van der Waals surface area contributed by atoms with E-state index in [9.17, 15) is 18.0 Å². The van der Waals surface area contributed by atoms with Gasteiger partial charge >= 0.3 is 6.18 Å². The fourth-order valence-electron chi connectivity index (χ4n) is 2.45. The van der Waals surface area contributed by atoms with E-state index in [2.05, 4.69) is 15.9 Å². The number of rotatable bonds is 2. The largest absolute Gasteiger partial charge is 0.406 e. The number of amides is 1. The number of benzene rings is 1. The van der Waals surface area contributed by atoms with Gasteiger partial charge in [-0.3, -0.25) is 4.79 Å². The zero-order chi connectivity index (χ0) is 15.2. The minimum absolute atomic E-state index is 0.200. The fourth-order valence-corrected chi connectivity index (χ4v) is 2.80. The minimum atomic E-state index is -4.33. The van der Waals surface area contributed by atoms with Crippen LogP contribution in [0.4, 0.5) is 13.2 Å². The van der Waals surface area contributed by atoms with E-state index in [1.165, 1.54) is 6.20 Å². The fraction of sp³-hybridized carbons (Fsp3) is 0.357. The van der Waals surface area contributed by atoms with E-state index < -0.39 is 12.7 Å². The van der Waals surface area contributed by atoms with Crippen LogP contribution in [0.5, 0.6) is 0 Å². The molecule has 0 atom stereocenters. The summed E-state index contributed by atoms with van der Waals surface area (Å²) in [5, 5.41) is 0.555. The second kappa shape index (κ2) is 5.05. The summed E-state index contributed by atoms with van der Waals surface area (Å²) in [6.07, 6.45) is -2.07. The maximum atomic E-state index is 12.7. The van der Waals surface area contributed by atoms with Crippen molar-refractivity contribution >= 4 is 32.7 Å². The Balaban J connectivity index is 2.10. The number of hydrogen-bond acceptors (Lipinski definition) is 1.